The number of unbranched alkanes of at least 4 members (excludes halogenated alkanes) is 23. The van der Waals surface area contributed by atoms with Gasteiger partial charge in [0.25, 0.3) is 0 Å². The van der Waals surface area contributed by atoms with Gasteiger partial charge in [0, 0.05) is 11.5 Å². The fourth-order valence-electron chi connectivity index (χ4n) is 4.45. The van der Waals surface area contributed by atoms with Gasteiger partial charge in [-0.05, 0) is 12.8 Å². The van der Waals surface area contributed by atoms with E-state index < -0.39 is 20.2 Å². The molecule has 6 nitrogen and oxygen atoms in total. The molecule has 0 aliphatic carbocycles. The molecular formula is C26H52Na2O6S2. The van der Waals surface area contributed by atoms with Gasteiger partial charge in [0.15, 0.2) is 0 Å². The third-order valence-electron chi connectivity index (χ3n) is 6.54. The van der Waals surface area contributed by atoms with Crippen LogP contribution in [0.25, 0.3) is 0 Å². The van der Waals surface area contributed by atoms with Gasteiger partial charge in [-0.25, -0.2) is 16.8 Å². The summed E-state index contributed by atoms with van der Waals surface area (Å²) in [6, 6.07) is 0. The minimum absolute atomic E-state index is 0. The van der Waals surface area contributed by atoms with Crippen LogP contribution in [0.2, 0.25) is 0 Å². The molecule has 0 aromatic carbocycles. The van der Waals surface area contributed by atoms with Crippen LogP contribution < -0.4 is 59.1 Å². The van der Waals surface area contributed by atoms with E-state index in [4.69, 9.17) is 0 Å². The van der Waals surface area contributed by atoms with Gasteiger partial charge in [0.2, 0.25) is 0 Å². The van der Waals surface area contributed by atoms with Crippen molar-refractivity contribution in [2.45, 2.75) is 154 Å². The average Bonchev–Trinajstić information content (AvgIpc) is 2.74. The molecule has 0 atom stereocenters. The predicted molar refractivity (Wildman–Crippen MR) is 140 cm³/mol. The van der Waals surface area contributed by atoms with Gasteiger partial charge >= 0.3 is 59.1 Å². The molecular weight excluding hydrogens is 518 g/mol. The van der Waals surface area contributed by atoms with E-state index in [1.54, 1.807) is 0 Å². The molecule has 0 bridgehead atoms. The smallest absolute Gasteiger partial charge is 0.748 e. The van der Waals surface area contributed by atoms with Gasteiger partial charge in [0.1, 0.15) is 0 Å². The Morgan fingerprint density at radius 3 is 0.500 bits per heavy atom. The summed E-state index contributed by atoms with van der Waals surface area (Å²) in [5.74, 6) is -0.415. The van der Waals surface area contributed by atoms with Gasteiger partial charge in [-0.2, -0.15) is 0 Å². The Morgan fingerprint density at radius 2 is 0.389 bits per heavy atom. The van der Waals surface area contributed by atoms with Crippen molar-refractivity contribution >= 4 is 20.2 Å². The summed E-state index contributed by atoms with van der Waals surface area (Å²) in [7, 11) is -8.05. The Labute approximate surface area is 268 Å². The van der Waals surface area contributed by atoms with E-state index in [0.717, 1.165) is 38.5 Å². The van der Waals surface area contributed by atoms with E-state index in [2.05, 4.69) is 0 Å². The largest absolute Gasteiger partial charge is 1.00 e. The maximum absolute atomic E-state index is 10.5. The van der Waals surface area contributed by atoms with Crippen molar-refractivity contribution in [2.24, 2.45) is 0 Å². The van der Waals surface area contributed by atoms with Crippen LogP contribution in [0, 0.1) is 0 Å². The van der Waals surface area contributed by atoms with E-state index in [1.165, 1.54) is 103 Å². The molecule has 0 saturated carbocycles. The normalized spacial score (nSPS) is 11.7. The van der Waals surface area contributed by atoms with E-state index >= 15 is 0 Å². The molecule has 0 aromatic rings. The molecule has 0 rings (SSSR count). The topological polar surface area (TPSA) is 114 Å². The van der Waals surface area contributed by atoms with E-state index in [0.29, 0.717) is 12.8 Å². The van der Waals surface area contributed by atoms with Gasteiger partial charge in [-0.1, -0.05) is 141 Å². The van der Waals surface area contributed by atoms with E-state index in [1.807, 2.05) is 0 Å². The number of rotatable bonds is 27. The minimum Gasteiger partial charge on any atom is -0.748 e. The molecule has 0 aliphatic heterocycles. The Balaban J connectivity index is -0.00000544. The van der Waals surface area contributed by atoms with Crippen LogP contribution in [-0.2, 0) is 20.2 Å². The summed E-state index contributed by atoms with van der Waals surface area (Å²) >= 11 is 0. The molecule has 0 spiro atoms. The zero-order chi connectivity index (χ0) is 25.4. The van der Waals surface area contributed by atoms with Gasteiger partial charge in [-0.3, -0.25) is 0 Å². The summed E-state index contributed by atoms with van der Waals surface area (Å²) in [6.45, 7) is 0. The second-order valence-corrected chi connectivity index (χ2v) is 13.1. The van der Waals surface area contributed by atoms with Crippen LogP contribution >= 0.6 is 0 Å². The van der Waals surface area contributed by atoms with Crippen molar-refractivity contribution in [1.29, 1.82) is 0 Å². The fraction of sp³-hybridized carbons (Fsp3) is 1.00. The van der Waals surface area contributed by atoms with Crippen LogP contribution in [-0.4, -0.2) is 37.4 Å². The molecule has 36 heavy (non-hydrogen) atoms. The third-order valence-corrected chi connectivity index (χ3v) is 8.12. The Morgan fingerprint density at radius 1 is 0.278 bits per heavy atom. The molecule has 0 amide bonds. The summed E-state index contributed by atoms with van der Waals surface area (Å²) in [4.78, 5) is 0. The summed E-state index contributed by atoms with van der Waals surface area (Å²) in [5, 5.41) is 0. The summed E-state index contributed by atoms with van der Waals surface area (Å²) < 4.78 is 63.0. The molecule has 0 aliphatic rings. The van der Waals surface area contributed by atoms with Crippen LogP contribution in [0.1, 0.15) is 154 Å². The first-order valence-electron chi connectivity index (χ1n) is 14.1. The molecule has 0 fully saturated rings. The van der Waals surface area contributed by atoms with Crippen LogP contribution in [0.3, 0.4) is 0 Å². The van der Waals surface area contributed by atoms with Crippen molar-refractivity contribution in [3.63, 3.8) is 0 Å². The first-order chi connectivity index (χ1) is 16.2. The molecule has 0 radical (unpaired) electrons. The zero-order valence-electron chi connectivity index (χ0n) is 23.7. The summed E-state index contributed by atoms with van der Waals surface area (Å²) in [6.07, 6.45) is 28.3. The van der Waals surface area contributed by atoms with Crippen LogP contribution in [0.15, 0.2) is 0 Å². The van der Waals surface area contributed by atoms with Crippen LogP contribution in [0.4, 0.5) is 0 Å². The molecule has 0 aromatic heterocycles. The van der Waals surface area contributed by atoms with Gasteiger partial charge in [-0.15, -0.1) is 0 Å². The van der Waals surface area contributed by atoms with Crippen molar-refractivity contribution in [2.75, 3.05) is 11.5 Å². The summed E-state index contributed by atoms with van der Waals surface area (Å²) in [5.41, 5.74) is 0. The molecule has 0 unspecified atom stereocenters. The fourth-order valence-corrected chi connectivity index (χ4v) is 5.56. The molecule has 0 heterocycles. The van der Waals surface area contributed by atoms with Crippen molar-refractivity contribution in [3.8, 4) is 0 Å². The van der Waals surface area contributed by atoms with E-state index in [-0.39, 0.29) is 70.6 Å². The number of hydrogen-bond acceptors (Lipinski definition) is 6. The maximum atomic E-state index is 10.5. The van der Waals surface area contributed by atoms with Crippen LogP contribution in [0.5, 0.6) is 0 Å². The Bertz CT molecular complexity index is 587. The van der Waals surface area contributed by atoms with Crippen molar-refractivity contribution in [1.82, 2.24) is 0 Å². The molecule has 0 saturated heterocycles. The monoisotopic (exact) mass is 570 g/mol. The van der Waals surface area contributed by atoms with E-state index in [9.17, 15) is 25.9 Å². The third kappa shape index (κ3) is 40.3. The Hall–Kier alpha value is 1.82. The molecule has 10 heteroatoms. The molecule has 206 valence electrons. The zero-order valence-corrected chi connectivity index (χ0v) is 29.3. The van der Waals surface area contributed by atoms with Gasteiger partial charge in [0.05, 0.1) is 20.2 Å². The predicted octanol–water partition coefficient (Wildman–Crippen LogP) is 1.45. The first-order valence-corrected chi connectivity index (χ1v) is 17.2. The average molecular weight is 571 g/mol. The van der Waals surface area contributed by atoms with Crippen molar-refractivity contribution < 1.29 is 85.1 Å². The maximum Gasteiger partial charge on any atom is 1.00 e. The number of hydrogen-bond donors (Lipinski definition) is 0. The quantitative estimate of drug-likeness (QED) is 0.0839. The SMILES string of the molecule is O=S(=O)([O-])CCCCCCCCCCCCCCCCCCCCCCCCCCS(=O)(=O)[O-].[Na+].[Na+]. The van der Waals surface area contributed by atoms with Crippen molar-refractivity contribution in [3.05, 3.63) is 0 Å². The second-order valence-electron chi connectivity index (χ2n) is 10.0. The first kappa shape index (κ1) is 42.3. The van der Waals surface area contributed by atoms with Gasteiger partial charge < -0.3 is 9.11 Å². The second kappa shape index (κ2) is 29.8. The minimum atomic E-state index is -4.02. The molecule has 0 N–H and O–H groups in total. The standard InChI is InChI=1S/C26H54O6S2.2Na/c27-33(28,29)25-23-21-19-17-15-13-11-9-7-5-3-1-2-4-6-8-10-12-14-16-18-20-22-24-26-34(30,31)32;;/h1-26H2,(H,27,28,29)(H,30,31,32);;/q;2*+1/p-2. The Kier molecular flexibility index (Phi) is 35.0.